The summed E-state index contributed by atoms with van der Waals surface area (Å²) in [4.78, 5) is 11.4. The molecule has 0 amide bonds. The van der Waals surface area contributed by atoms with Crippen molar-refractivity contribution in [3.05, 3.63) is 0 Å². The van der Waals surface area contributed by atoms with Crippen LogP contribution in [0.3, 0.4) is 0 Å². The number of hydrogen-bond donors (Lipinski definition) is 1. The van der Waals surface area contributed by atoms with Gasteiger partial charge in [-0.1, -0.05) is 12.8 Å². The quantitative estimate of drug-likeness (QED) is 0.676. The molecule has 2 rings (SSSR count). The zero-order valence-corrected chi connectivity index (χ0v) is 8.33. The lowest BCUT2D eigenvalue weighted by atomic mass is 9.95. The smallest absolute Gasteiger partial charge is 0.308 e. The fraction of sp³-hybridized carbons (Fsp3) is 0.900. The van der Waals surface area contributed by atoms with E-state index < -0.39 is 0 Å². The van der Waals surface area contributed by atoms with Crippen molar-refractivity contribution < 1.29 is 14.3 Å². The first kappa shape index (κ1) is 9.93. The predicted molar refractivity (Wildman–Crippen MR) is 50.7 cm³/mol. The highest BCUT2D eigenvalue weighted by molar-refractivity contribution is 5.71. The molecule has 0 atom stereocenters. The van der Waals surface area contributed by atoms with Crippen LogP contribution in [0.2, 0.25) is 0 Å². The van der Waals surface area contributed by atoms with Crippen molar-refractivity contribution in [2.75, 3.05) is 13.2 Å². The SMILES string of the molecule is NC1(CC(=O)OC2COC2)CCCC1. The molecule has 0 aromatic carbocycles. The lowest BCUT2D eigenvalue weighted by Gasteiger charge is -2.28. The summed E-state index contributed by atoms with van der Waals surface area (Å²) < 4.78 is 10.1. The number of nitrogens with two attached hydrogens (primary N) is 1. The molecule has 2 N–H and O–H groups in total. The summed E-state index contributed by atoms with van der Waals surface area (Å²) in [5, 5.41) is 0. The van der Waals surface area contributed by atoms with Crippen LogP contribution in [0.25, 0.3) is 0 Å². The van der Waals surface area contributed by atoms with E-state index in [2.05, 4.69) is 0 Å². The van der Waals surface area contributed by atoms with Gasteiger partial charge in [0.1, 0.15) is 6.10 Å². The Morgan fingerprint density at radius 3 is 2.57 bits per heavy atom. The van der Waals surface area contributed by atoms with Crippen LogP contribution >= 0.6 is 0 Å². The molecular weight excluding hydrogens is 182 g/mol. The highest BCUT2D eigenvalue weighted by Gasteiger charge is 2.33. The topological polar surface area (TPSA) is 61.6 Å². The van der Waals surface area contributed by atoms with Gasteiger partial charge in [-0.3, -0.25) is 4.79 Å². The lowest BCUT2D eigenvalue weighted by Crippen LogP contribution is -2.43. The maximum absolute atomic E-state index is 11.4. The van der Waals surface area contributed by atoms with Crippen LogP contribution in [0.1, 0.15) is 32.1 Å². The molecule has 0 aromatic rings. The molecule has 1 aliphatic heterocycles. The summed E-state index contributed by atoms with van der Waals surface area (Å²) in [7, 11) is 0. The van der Waals surface area contributed by atoms with Gasteiger partial charge in [-0.25, -0.2) is 0 Å². The summed E-state index contributed by atoms with van der Waals surface area (Å²) in [6, 6.07) is 0. The second-order valence-electron chi connectivity index (χ2n) is 4.40. The number of carbonyl (C=O) groups is 1. The van der Waals surface area contributed by atoms with Crippen molar-refractivity contribution in [1.82, 2.24) is 0 Å². The number of hydrogen-bond acceptors (Lipinski definition) is 4. The molecule has 0 unspecified atom stereocenters. The maximum atomic E-state index is 11.4. The van der Waals surface area contributed by atoms with Gasteiger partial charge in [0.15, 0.2) is 0 Å². The Hall–Kier alpha value is -0.610. The summed E-state index contributed by atoms with van der Waals surface area (Å²) in [5.74, 6) is -0.164. The largest absolute Gasteiger partial charge is 0.457 e. The van der Waals surface area contributed by atoms with E-state index in [1.807, 2.05) is 0 Å². The van der Waals surface area contributed by atoms with Crippen molar-refractivity contribution in [3.63, 3.8) is 0 Å². The molecule has 1 aliphatic carbocycles. The van der Waals surface area contributed by atoms with Gasteiger partial charge < -0.3 is 15.2 Å². The van der Waals surface area contributed by atoms with Crippen molar-refractivity contribution in [1.29, 1.82) is 0 Å². The Balaban J connectivity index is 1.75. The van der Waals surface area contributed by atoms with Crippen LogP contribution in [-0.4, -0.2) is 30.8 Å². The number of ether oxygens (including phenoxy) is 2. The molecule has 0 aromatic heterocycles. The fourth-order valence-electron chi connectivity index (χ4n) is 2.05. The first-order valence-electron chi connectivity index (χ1n) is 5.24. The molecule has 4 nitrogen and oxygen atoms in total. The van der Waals surface area contributed by atoms with Crippen LogP contribution < -0.4 is 5.73 Å². The van der Waals surface area contributed by atoms with Gasteiger partial charge in [-0.2, -0.15) is 0 Å². The Morgan fingerprint density at radius 1 is 1.43 bits per heavy atom. The minimum absolute atomic E-state index is 0.0208. The van der Waals surface area contributed by atoms with E-state index in [0.29, 0.717) is 19.6 Å². The molecule has 0 radical (unpaired) electrons. The van der Waals surface area contributed by atoms with Crippen LogP contribution in [0.4, 0.5) is 0 Å². The van der Waals surface area contributed by atoms with E-state index >= 15 is 0 Å². The summed E-state index contributed by atoms with van der Waals surface area (Å²) in [6.07, 6.45) is 4.51. The summed E-state index contributed by atoms with van der Waals surface area (Å²) in [6.45, 7) is 1.09. The third-order valence-corrected chi connectivity index (χ3v) is 3.00. The predicted octanol–water partition coefficient (Wildman–Crippen LogP) is 0.590. The molecule has 14 heavy (non-hydrogen) atoms. The zero-order valence-electron chi connectivity index (χ0n) is 8.33. The van der Waals surface area contributed by atoms with Crippen molar-refractivity contribution in [3.8, 4) is 0 Å². The third kappa shape index (κ3) is 2.25. The fourth-order valence-corrected chi connectivity index (χ4v) is 2.05. The van der Waals surface area contributed by atoms with E-state index in [0.717, 1.165) is 25.7 Å². The highest BCUT2D eigenvalue weighted by atomic mass is 16.6. The average Bonchev–Trinajstić information content (AvgIpc) is 2.44. The molecule has 80 valence electrons. The van der Waals surface area contributed by atoms with Crippen LogP contribution in [-0.2, 0) is 14.3 Å². The molecule has 0 spiro atoms. The standard InChI is InChI=1S/C10H17NO3/c11-10(3-1-2-4-10)5-9(12)14-8-6-13-7-8/h8H,1-7,11H2. The van der Waals surface area contributed by atoms with E-state index in [1.165, 1.54) is 0 Å². The van der Waals surface area contributed by atoms with Crippen LogP contribution in [0, 0.1) is 0 Å². The van der Waals surface area contributed by atoms with Crippen LogP contribution in [0.5, 0.6) is 0 Å². The van der Waals surface area contributed by atoms with Crippen molar-refractivity contribution in [2.24, 2.45) is 5.73 Å². The Labute approximate surface area is 83.7 Å². The van der Waals surface area contributed by atoms with Gasteiger partial charge in [0.05, 0.1) is 19.6 Å². The molecule has 4 heteroatoms. The average molecular weight is 199 g/mol. The van der Waals surface area contributed by atoms with Crippen LogP contribution in [0.15, 0.2) is 0 Å². The van der Waals surface area contributed by atoms with Gasteiger partial charge in [0, 0.05) is 5.54 Å². The minimum atomic E-state index is -0.290. The maximum Gasteiger partial charge on any atom is 0.308 e. The van der Waals surface area contributed by atoms with Gasteiger partial charge in [-0.05, 0) is 12.8 Å². The molecule has 2 aliphatic rings. The van der Waals surface area contributed by atoms with Crippen molar-refractivity contribution >= 4 is 5.97 Å². The molecule has 1 saturated carbocycles. The van der Waals surface area contributed by atoms with Crippen molar-refractivity contribution in [2.45, 2.75) is 43.7 Å². The summed E-state index contributed by atoms with van der Waals surface area (Å²) >= 11 is 0. The first-order valence-corrected chi connectivity index (χ1v) is 5.24. The molecule has 0 bridgehead atoms. The molecule has 2 fully saturated rings. The summed E-state index contributed by atoms with van der Waals surface area (Å²) in [5.41, 5.74) is 5.77. The minimum Gasteiger partial charge on any atom is -0.457 e. The Kier molecular flexibility index (Phi) is 2.74. The third-order valence-electron chi connectivity index (χ3n) is 3.00. The zero-order chi connectivity index (χ0) is 10.0. The first-order chi connectivity index (χ1) is 6.68. The van der Waals surface area contributed by atoms with Gasteiger partial charge in [0.25, 0.3) is 0 Å². The second-order valence-corrected chi connectivity index (χ2v) is 4.40. The van der Waals surface area contributed by atoms with E-state index in [1.54, 1.807) is 0 Å². The van der Waals surface area contributed by atoms with E-state index in [4.69, 9.17) is 15.2 Å². The lowest BCUT2D eigenvalue weighted by molar-refractivity contribution is -0.173. The monoisotopic (exact) mass is 199 g/mol. The van der Waals surface area contributed by atoms with Gasteiger partial charge >= 0.3 is 5.97 Å². The van der Waals surface area contributed by atoms with E-state index in [9.17, 15) is 4.79 Å². The van der Waals surface area contributed by atoms with Gasteiger partial charge in [-0.15, -0.1) is 0 Å². The Morgan fingerprint density at radius 2 is 2.07 bits per heavy atom. The molecular formula is C10H17NO3. The highest BCUT2D eigenvalue weighted by Crippen LogP contribution is 2.30. The number of carbonyl (C=O) groups excluding carboxylic acids is 1. The van der Waals surface area contributed by atoms with Gasteiger partial charge in [0.2, 0.25) is 0 Å². The number of esters is 1. The number of rotatable bonds is 3. The molecule has 1 saturated heterocycles. The van der Waals surface area contributed by atoms with E-state index in [-0.39, 0.29) is 17.6 Å². The Bertz CT molecular complexity index is 219. The second kappa shape index (κ2) is 3.87. The molecule has 1 heterocycles. The normalized spacial score (nSPS) is 25.8.